The lowest BCUT2D eigenvalue weighted by Gasteiger charge is -2.24. The van der Waals surface area contributed by atoms with E-state index in [-0.39, 0.29) is 17.8 Å². The van der Waals surface area contributed by atoms with Gasteiger partial charge in [-0.25, -0.2) is 4.79 Å². The summed E-state index contributed by atoms with van der Waals surface area (Å²) in [5.74, 6) is -0.130. The Kier molecular flexibility index (Phi) is 3.65. The average Bonchev–Trinajstić information content (AvgIpc) is 2.28. The van der Waals surface area contributed by atoms with Crippen molar-refractivity contribution in [1.29, 1.82) is 0 Å². The van der Waals surface area contributed by atoms with Crippen LogP contribution in [0.25, 0.3) is 0 Å². The topological polar surface area (TPSA) is 55.4 Å². The molecule has 0 unspecified atom stereocenters. The van der Waals surface area contributed by atoms with Gasteiger partial charge in [-0.1, -0.05) is 6.42 Å². The summed E-state index contributed by atoms with van der Waals surface area (Å²) >= 11 is 0. The van der Waals surface area contributed by atoms with Gasteiger partial charge in [0.15, 0.2) is 0 Å². The fourth-order valence-corrected chi connectivity index (χ4v) is 1.95. The molecule has 0 aliphatic heterocycles. The summed E-state index contributed by atoms with van der Waals surface area (Å²) in [6, 6.07) is 5.13. The predicted octanol–water partition coefficient (Wildman–Crippen LogP) is 2.52. The van der Waals surface area contributed by atoms with Crippen molar-refractivity contribution < 1.29 is 14.3 Å². The zero-order valence-corrected chi connectivity index (χ0v) is 10.7. The van der Waals surface area contributed by atoms with Gasteiger partial charge in [0.2, 0.25) is 5.91 Å². The van der Waals surface area contributed by atoms with Gasteiger partial charge in [-0.2, -0.15) is 0 Å². The molecule has 4 nitrogen and oxygen atoms in total. The van der Waals surface area contributed by atoms with Crippen LogP contribution < -0.4 is 5.32 Å². The minimum atomic E-state index is -0.366. The summed E-state index contributed by atoms with van der Waals surface area (Å²) in [4.78, 5) is 23.2. The maximum atomic E-state index is 11.8. The molecule has 4 heteroatoms. The summed E-state index contributed by atoms with van der Waals surface area (Å²) in [5, 5.41) is 2.91. The molecule has 0 aromatic heterocycles. The molecule has 0 heterocycles. The molecule has 0 bridgehead atoms. The van der Waals surface area contributed by atoms with E-state index in [1.54, 1.807) is 18.2 Å². The normalized spacial score (nSPS) is 14.8. The number of rotatable bonds is 3. The Balaban J connectivity index is 2.09. The fraction of sp³-hybridized carbons (Fsp3) is 0.429. The van der Waals surface area contributed by atoms with Crippen molar-refractivity contribution in [2.75, 3.05) is 12.4 Å². The lowest BCUT2D eigenvalue weighted by molar-refractivity contribution is -0.122. The molecule has 1 fully saturated rings. The standard InChI is InChI=1S/C14H17NO3/c1-9-8-11(14(17)18-2)6-7-12(9)15-13(16)10-4-3-5-10/h6-8,10H,3-5H2,1-2H3,(H,15,16). The van der Waals surface area contributed by atoms with Crippen LogP contribution in [-0.2, 0) is 9.53 Å². The van der Waals surface area contributed by atoms with Crippen molar-refractivity contribution in [3.8, 4) is 0 Å². The van der Waals surface area contributed by atoms with E-state index < -0.39 is 0 Å². The molecule has 1 aliphatic rings. The lowest BCUT2D eigenvalue weighted by Crippen LogP contribution is -2.28. The number of ether oxygens (including phenoxy) is 1. The smallest absolute Gasteiger partial charge is 0.337 e. The van der Waals surface area contributed by atoms with Crippen molar-refractivity contribution in [3.63, 3.8) is 0 Å². The van der Waals surface area contributed by atoms with E-state index in [4.69, 9.17) is 0 Å². The largest absolute Gasteiger partial charge is 0.465 e. The van der Waals surface area contributed by atoms with Crippen molar-refractivity contribution in [2.24, 2.45) is 5.92 Å². The molecule has 0 spiro atoms. The molecule has 1 N–H and O–H groups in total. The van der Waals surface area contributed by atoms with E-state index in [2.05, 4.69) is 10.1 Å². The first-order valence-electron chi connectivity index (χ1n) is 6.11. The molecular formula is C14H17NO3. The number of anilines is 1. The Labute approximate surface area is 106 Å². The monoisotopic (exact) mass is 247 g/mol. The second-order valence-electron chi connectivity index (χ2n) is 4.64. The maximum absolute atomic E-state index is 11.8. The van der Waals surface area contributed by atoms with Crippen LogP contribution in [0.2, 0.25) is 0 Å². The number of aryl methyl sites for hydroxylation is 1. The van der Waals surface area contributed by atoms with E-state index >= 15 is 0 Å². The number of esters is 1. The van der Waals surface area contributed by atoms with E-state index in [1.807, 2.05) is 6.92 Å². The molecule has 1 amide bonds. The summed E-state index contributed by atoms with van der Waals surface area (Å²) in [7, 11) is 1.35. The van der Waals surface area contributed by atoms with E-state index in [0.29, 0.717) is 5.56 Å². The molecular weight excluding hydrogens is 230 g/mol. The third-order valence-corrected chi connectivity index (χ3v) is 3.38. The van der Waals surface area contributed by atoms with Gasteiger partial charge in [-0.3, -0.25) is 4.79 Å². The molecule has 1 aromatic carbocycles. The SMILES string of the molecule is COC(=O)c1ccc(NC(=O)C2CCC2)c(C)c1. The first-order chi connectivity index (χ1) is 8.61. The Bertz CT molecular complexity index is 478. The Morgan fingerprint density at radius 1 is 1.33 bits per heavy atom. The minimum Gasteiger partial charge on any atom is -0.465 e. The Hall–Kier alpha value is -1.84. The molecule has 0 atom stereocenters. The highest BCUT2D eigenvalue weighted by Crippen LogP contribution is 2.28. The van der Waals surface area contributed by atoms with E-state index in [0.717, 1.165) is 30.5 Å². The predicted molar refractivity (Wildman–Crippen MR) is 68.5 cm³/mol. The van der Waals surface area contributed by atoms with Crippen molar-refractivity contribution in [1.82, 2.24) is 0 Å². The van der Waals surface area contributed by atoms with Crippen LogP contribution in [0.1, 0.15) is 35.2 Å². The molecule has 2 rings (SSSR count). The van der Waals surface area contributed by atoms with Gasteiger partial charge in [0.25, 0.3) is 0 Å². The number of hydrogen-bond donors (Lipinski definition) is 1. The number of nitrogens with one attached hydrogen (secondary N) is 1. The van der Waals surface area contributed by atoms with Gasteiger partial charge in [0.05, 0.1) is 12.7 Å². The van der Waals surface area contributed by atoms with Gasteiger partial charge >= 0.3 is 5.97 Å². The van der Waals surface area contributed by atoms with Crippen LogP contribution in [0.3, 0.4) is 0 Å². The first kappa shape index (κ1) is 12.6. The Morgan fingerprint density at radius 3 is 2.56 bits per heavy atom. The second-order valence-corrected chi connectivity index (χ2v) is 4.64. The van der Waals surface area contributed by atoms with Crippen LogP contribution in [-0.4, -0.2) is 19.0 Å². The number of carbonyl (C=O) groups is 2. The highest BCUT2D eigenvalue weighted by Gasteiger charge is 2.25. The zero-order chi connectivity index (χ0) is 13.1. The van der Waals surface area contributed by atoms with Crippen LogP contribution in [0.5, 0.6) is 0 Å². The first-order valence-corrected chi connectivity index (χ1v) is 6.11. The van der Waals surface area contributed by atoms with Crippen molar-refractivity contribution in [2.45, 2.75) is 26.2 Å². The molecule has 0 radical (unpaired) electrons. The highest BCUT2D eigenvalue weighted by molar-refractivity contribution is 5.95. The van der Waals surface area contributed by atoms with Gasteiger partial charge in [0, 0.05) is 11.6 Å². The number of hydrogen-bond acceptors (Lipinski definition) is 3. The quantitative estimate of drug-likeness (QED) is 0.835. The minimum absolute atomic E-state index is 0.0789. The van der Waals surface area contributed by atoms with Crippen LogP contribution in [0.15, 0.2) is 18.2 Å². The second kappa shape index (κ2) is 5.21. The van der Waals surface area contributed by atoms with E-state index in [1.165, 1.54) is 7.11 Å². The third-order valence-electron chi connectivity index (χ3n) is 3.38. The van der Waals surface area contributed by atoms with Gasteiger partial charge in [-0.15, -0.1) is 0 Å². The molecule has 0 saturated heterocycles. The molecule has 96 valence electrons. The van der Waals surface area contributed by atoms with Crippen molar-refractivity contribution in [3.05, 3.63) is 29.3 Å². The van der Waals surface area contributed by atoms with Crippen LogP contribution >= 0.6 is 0 Å². The highest BCUT2D eigenvalue weighted by atomic mass is 16.5. The molecule has 1 aromatic rings. The number of methoxy groups -OCH3 is 1. The zero-order valence-electron chi connectivity index (χ0n) is 10.7. The van der Waals surface area contributed by atoms with Crippen LogP contribution in [0, 0.1) is 12.8 Å². The molecule has 18 heavy (non-hydrogen) atoms. The summed E-state index contributed by atoms with van der Waals surface area (Å²) in [6.07, 6.45) is 3.09. The number of carbonyl (C=O) groups excluding carboxylic acids is 2. The molecule has 1 saturated carbocycles. The van der Waals surface area contributed by atoms with Gasteiger partial charge < -0.3 is 10.1 Å². The summed E-state index contributed by atoms with van der Waals surface area (Å²) < 4.78 is 4.65. The number of amides is 1. The lowest BCUT2D eigenvalue weighted by atomic mass is 9.85. The molecule has 1 aliphatic carbocycles. The average molecular weight is 247 g/mol. The summed E-state index contributed by atoms with van der Waals surface area (Å²) in [6.45, 7) is 1.86. The van der Waals surface area contributed by atoms with E-state index in [9.17, 15) is 9.59 Å². The number of benzene rings is 1. The third kappa shape index (κ3) is 2.53. The van der Waals surface area contributed by atoms with Crippen molar-refractivity contribution >= 4 is 17.6 Å². The Morgan fingerprint density at radius 2 is 2.06 bits per heavy atom. The maximum Gasteiger partial charge on any atom is 0.337 e. The van der Waals surface area contributed by atoms with Gasteiger partial charge in [-0.05, 0) is 43.5 Å². The summed E-state index contributed by atoms with van der Waals surface area (Å²) in [5.41, 5.74) is 2.13. The van der Waals surface area contributed by atoms with Crippen LogP contribution in [0.4, 0.5) is 5.69 Å². The van der Waals surface area contributed by atoms with Gasteiger partial charge in [0.1, 0.15) is 0 Å². The fourth-order valence-electron chi connectivity index (χ4n) is 1.95.